The lowest BCUT2D eigenvalue weighted by atomic mass is 10.1. The third kappa shape index (κ3) is 1.52. The summed E-state index contributed by atoms with van der Waals surface area (Å²) >= 11 is 5.94. The van der Waals surface area contributed by atoms with Gasteiger partial charge in [0, 0.05) is 10.4 Å². The zero-order valence-corrected chi connectivity index (χ0v) is 9.12. The van der Waals surface area contributed by atoms with Gasteiger partial charge >= 0.3 is 5.76 Å². The molecule has 17 heavy (non-hydrogen) atoms. The second-order valence-electron chi connectivity index (χ2n) is 3.48. The van der Waals surface area contributed by atoms with Crippen molar-refractivity contribution in [2.75, 3.05) is 0 Å². The molecule has 3 aromatic rings. The summed E-state index contributed by atoms with van der Waals surface area (Å²) in [5, 5.41) is 10.8. The van der Waals surface area contributed by atoms with E-state index in [0.717, 1.165) is 5.39 Å². The fraction of sp³-hybridized carbons (Fsp3) is 0. The van der Waals surface area contributed by atoms with Crippen molar-refractivity contribution in [1.82, 2.24) is 4.98 Å². The maximum absolute atomic E-state index is 11.0. The normalized spacial score (nSPS) is 11.1. The summed E-state index contributed by atoms with van der Waals surface area (Å²) in [6, 6.07) is 5.00. The molecule has 0 saturated carbocycles. The van der Waals surface area contributed by atoms with Crippen LogP contribution in [0.4, 0.5) is 0 Å². The fourth-order valence-electron chi connectivity index (χ4n) is 1.72. The summed E-state index contributed by atoms with van der Waals surface area (Å²) in [6.45, 7) is 0. The number of oxazole rings is 1. The van der Waals surface area contributed by atoms with Crippen LogP contribution in [-0.2, 0) is 0 Å². The van der Waals surface area contributed by atoms with Crippen molar-refractivity contribution in [2.45, 2.75) is 0 Å². The summed E-state index contributed by atoms with van der Waals surface area (Å²) in [6.07, 6.45) is 1.49. The molecule has 0 spiro atoms. The molecule has 1 aromatic carbocycles. The number of benzene rings is 1. The molecule has 0 bridgehead atoms. The fourth-order valence-corrected chi connectivity index (χ4v) is 1.94. The number of aromatic nitrogens is 1. The van der Waals surface area contributed by atoms with Gasteiger partial charge in [0.05, 0.1) is 11.8 Å². The zero-order chi connectivity index (χ0) is 12.0. The molecule has 0 aliphatic rings. The number of halogens is 1. The lowest BCUT2D eigenvalue weighted by Crippen LogP contribution is -1.92. The van der Waals surface area contributed by atoms with Gasteiger partial charge in [0.1, 0.15) is 5.58 Å². The van der Waals surface area contributed by atoms with Crippen LogP contribution in [0, 0.1) is 0 Å². The van der Waals surface area contributed by atoms with Gasteiger partial charge in [-0.1, -0.05) is 11.6 Å². The lowest BCUT2D eigenvalue weighted by molar-refractivity contribution is 0.452. The molecule has 0 fully saturated rings. The average Bonchev–Trinajstić information content (AvgIpc) is 2.83. The monoisotopic (exact) mass is 251 g/mol. The Hall–Kier alpha value is -2.14. The standard InChI is InChI=1S/C11H6ClNO4/c12-6-3-5-1-2-16-8(5)7(4-6)9-10(14)13-11(15)17-9/h1-4,14H,(H,13,15). The molecule has 2 aromatic heterocycles. The Kier molecular flexibility index (Phi) is 2.02. The van der Waals surface area contributed by atoms with Gasteiger partial charge in [0.15, 0.2) is 0 Å². The van der Waals surface area contributed by atoms with Gasteiger partial charge in [0.25, 0.3) is 0 Å². The number of nitrogens with one attached hydrogen (secondary N) is 1. The highest BCUT2D eigenvalue weighted by atomic mass is 35.5. The molecule has 3 rings (SSSR count). The Morgan fingerprint density at radius 1 is 1.35 bits per heavy atom. The second kappa shape index (κ2) is 3.43. The molecule has 6 heteroatoms. The highest BCUT2D eigenvalue weighted by Gasteiger charge is 2.17. The minimum Gasteiger partial charge on any atom is -0.492 e. The Balaban J connectivity index is 2.40. The minimum absolute atomic E-state index is 0.0115. The highest BCUT2D eigenvalue weighted by Crippen LogP contribution is 2.35. The molecule has 2 heterocycles. The maximum Gasteiger partial charge on any atom is 0.419 e. The Morgan fingerprint density at radius 2 is 2.18 bits per heavy atom. The van der Waals surface area contributed by atoms with Crippen LogP contribution in [0.5, 0.6) is 5.88 Å². The summed E-state index contributed by atoms with van der Waals surface area (Å²) < 4.78 is 10.1. The molecular weight excluding hydrogens is 246 g/mol. The molecule has 0 amide bonds. The first-order valence-electron chi connectivity index (χ1n) is 4.74. The lowest BCUT2D eigenvalue weighted by Gasteiger charge is -1.99. The average molecular weight is 252 g/mol. The van der Waals surface area contributed by atoms with Gasteiger partial charge in [-0.2, -0.15) is 0 Å². The van der Waals surface area contributed by atoms with Crippen LogP contribution in [0.15, 0.2) is 38.1 Å². The predicted octanol–water partition coefficient (Wildman–Crippen LogP) is 2.74. The van der Waals surface area contributed by atoms with Crippen molar-refractivity contribution in [3.05, 3.63) is 40.0 Å². The molecule has 0 aliphatic heterocycles. The molecule has 5 nitrogen and oxygen atoms in total. The van der Waals surface area contributed by atoms with Gasteiger partial charge in [-0.05, 0) is 18.2 Å². The number of H-pyrrole nitrogens is 1. The summed E-state index contributed by atoms with van der Waals surface area (Å²) in [7, 11) is 0. The third-order valence-corrected chi connectivity index (χ3v) is 2.61. The molecule has 0 aliphatic carbocycles. The zero-order valence-electron chi connectivity index (χ0n) is 8.36. The maximum atomic E-state index is 11.0. The Labute approximate surface area is 99.2 Å². The molecule has 0 saturated heterocycles. The Bertz CT molecular complexity index is 752. The minimum atomic E-state index is -0.739. The molecule has 2 N–H and O–H groups in total. The second-order valence-corrected chi connectivity index (χ2v) is 3.92. The van der Waals surface area contributed by atoms with E-state index < -0.39 is 5.76 Å². The Morgan fingerprint density at radius 3 is 2.88 bits per heavy atom. The van der Waals surface area contributed by atoms with Crippen molar-refractivity contribution in [3.8, 4) is 17.2 Å². The molecule has 0 radical (unpaired) electrons. The van der Waals surface area contributed by atoms with Crippen molar-refractivity contribution in [3.63, 3.8) is 0 Å². The summed E-state index contributed by atoms with van der Waals surface area (Å²) in [5.41, 5.74) is 0.917. The number of fused-ring (bicyclic) bond motifs is 1. The predicted molar refractivity (Wildman–Crippen MR) is 61.2 cm³/mol. The molecule has 0 atom stereocenters. The number of furan rings is 1. The van der Waals surface area contributed by atoms with E-state index in [2.05, 4.69) is 4.98 Å². The van der Waals surface area contributed by atoms with E-state index in [-0.39, 0.29) is 11.6 Å². The number of hydrogen-bond donors (Lipinski definition) is 2. The number of rotatable bonds is 1. The van der Waals surface area contributed by atoms with Crippen molar-refractivity contribution < 1.29 is 13.9 Å². The molecular formula is C11H6ClNO4. The van der Waals surface area contributed by atoms with Crippen LogP contribution in [-0.4, -0.2) is 10.1 Å². The first-order valence-corrected chi connectivity index (χ1v) is 5.12. The van der Waals surface area contributed by atoms with Crippen molar-refractivity contribution in [2.24, 2.45) is 0 Å². The van der Waals surface area contributed by atoms with E-state index in [9.17, 15) is 9.90 Å². The molecule has 0 unspecified atom stereocenters. The highest BCUT2D eigenvalue weighted by molar-refractivity contribution is 6.31. The van der Waals surface area contributed by atoms with Crippen molar-refractivity contribution >= 4 is 22.6 Å². The first kappa shape index (κ1) is 10.0. The van der Waals surface area contributed by atoms with Gasteiger partial charge < -0.3 is 13.9 Å². The SMILES string of the molecule is O=c1[nH]c(O)c(-c2cc(Cl)cc3ccoc23)o1. The van der Waals surface area contributed by atoms with E-state index in [1.807, 2.05) is 0 Å². The van der Waals surface area contributed by atoms with Crippen LogP contribution in [0.3, 0.4) is 0 Å². The quantitative estimate of drug-likeness (QED) is 0.697. The third-order valence-electron chi connectivity index (χ3n) is 2.39. The van der Waals surface area contributed by atoms with Crippen LogP contribution in [0.1, 0.15) is 0 Å². The number of aromatic amines is 1. The van der Waals surface area contributed by atoms with Crippen LogP contribution in [0.25, 0.3) is 22.3 Å². The smallest absolute Gasteiger partial charge is 0.419 e. The topological polar surface area (TPSA) is 79.4 Å². The van der Waals surface area contributed by atoms with E-state index >= 15 is 0 Å². The summed E-state index contributed by atoms with van der Waals surface area (Å²) in [4.78, 5) is 13.1. The van der Waals surface area contributed by atoms with Crippen LogP contribution in [0.2, 0.25) is 5.02 Å². The number of hydrogen-bond acceptors (Lipinski definition) is 4. The number of aromatic hydroxyl groups is 1. The van der Waals surface area contributed by atoms with E-state index in [1.54, 1.807) is 18.2 Å². The van der Waals surface area contributed by atoms with Gasteiger partial charge in [0.2, 0.25) is 11.6 Å². The summed E-state index contributed by atoms with van der Waals surface area (Å²) in [5.74, 6) is -1.08. The first-order chi connectivity index (χ1) is 8.15. The van der Waals surface area contributed by atoms with E-state index in [0.29, 0.717) is 16.2 Å². The van der Waals surface area contributed by atoms with Gasteiger partial charge in [-0.15, -0.1) is 0 Å². The van der Waals surface area contributed by atoms with Crippen LogP contribution < -0.4 is 5.76 Å². The van der Waals surface area contributed by atoms with Crippen molar-refractivity contribution in [1.29, 1.82) is 0 Å². The van der Waals surface area contributed by atoms with E-state index in [1.165, 1.54) is 6.26 Å². The largest absolute Gasteiger partial charge is 0.492 e. The van der Waals surface area contributed by atoms with Gasteiger partial charge in [-0.3, -0.25) is 4.98 Å². The van der Waals surface area contributed by atoms with Gasteiger partial charge in [-0.25, -0.2) is 4.79 Å². The molecule has 86 valence electrons. The van der Waals surface area contributed by atoms with Crippen LogP contribution >= 0.6 is 11.6 Å². The van der Waals surface area contributed by atoms with E-state index in [4.69, 9.17) is 20.4 Å².